The fraction of sp³-hybridized carbons (Fsp3) is 0.0800. The lowest BCUT2D eigenvalue weighted by Gasteiger charge is -2.18. The SMILES string of the molecule is O=C(N[C@H](C(=O)NN=Cc1ccc2c(c1)OCO2)c1n[nH]c(=O)c2ccccc12)c1ccccc1. The van der Waals surface area contributed by atoms with Crippen LogP contribution < -0.4 is 25.8 Å². The number of H-pyrrole nitrogens is 1. The summed E-state index contributed by atoms with van der Waals surface area (Å²) in [4.78, 5) is 38.3. The maximum atomic E-state index is 13.2. The molecule has 0 unspecified atom stereocenters. The van der Waals surface area contributed by atoms with E-state index < -0.39 is 23.4 Å². The Hall–Kier alpha value is -4.99. The molecule has 3 N–H and O–H groups in total. The molecular formula is C25H19N5O5. The molecule has 0 bridgehead atoms. The molecule has 3 aromatic carbocycles. The smallest absolute Gasteiger partial charge is 0.272 e. The third kappa shape index (κ3) is 4.58. The lowest BCUT2D eigenvalue weighted by Crippen LogP contribution is -2.40. The molecule has 5 rings (SSSR count). The molecule has 4 aromatic rings. The first-order valence-corrected chi connectivity index (χ1v) is 10.7. The summed E-state index contributed by atoms with van der Waals surface area (Å²) in [5.41, 5.74) is 3.26. The van der Waals surface area contributed by atoms with Gasteiger partial charge in [0.05, 0.1) is 11.6 Å². The first kappa shape index (κ1) is 21.8. The van der Waals surface area contributed by atoms with Crippen LogP contribution in [-0.4, -0.2) is 35.0 Å². The quantitative estimate of drug-likeness (QED) is 0.293. The molecular weight excluding hydrogens is 450 g/mol. The predicted octanol–water partition coefficient (Wildman–Crippen LogP) is 2.27. The van der Waals surface area contributed by atoms with Crippen LogP contribution in [0.2, 0.25) is 0 Å². The maximum absolute atomic E-state index is 13.2. The van der Waals surface area contributed by atoms with E-state index in [1.807, 2.05) is 0 Å². The zero-order valence-electron chi connectivity index (χ0n) is 18.2. The van der Waals surface area contributed by atoms with E-state index in [9.17, 15) is 14.4 Å². The lowest BCUT2D eigenvalue weighted by atomic mass is 10.0. The Bertz CT molecular complexity index is 1500. The summed E-state index contributed by atoms with van der Waals surface area (Å²) in [6.45, 7) is 0.148. The van der Waals surface area contributed by atoms with Gasteiger partial charge in [0.15, 0.2) is 17.5 Å². The van der Waals surface area contributed by atoms with Crippen LogP contribution in [0, 0.1) is 0 Å². The summed E-state index contributed by atoms with van der Waals surface area (Å²) >= 11 is 0. The minimum absolute atomic E-state index is 0.148. The summed E-state index contributed by atoms with van der Waals surface area (Å²) in [5, 5.41) is 14.0. The van der Waals surface area contributed by atoms with Gasteiger partial charge in [-0.05, 0) is 42.0 Å². The average Bonchev–Trinajstić information content (AvgIpc) is 3.36. The van der Waals surface area contributed by atoms with Crippen molar-refractivity contribution in [2.24, 2.45) is 5.10 Å². The van der Waals surface area contributed by atoms with E-state index in [0.717, 1.165) is 0 Å². The first-order valence-electron chi connectivity index (χ1n) is 10.7. The molecule has 0 spiro atoms. The molecule has 35 heavy (non-hydrogen) atoms. The zero-order valence-corrected chi connectivity index (χ0v) is 18.2. The second-order valence-electron chi connectivity index (χ2n) is 7.60. The summed E-state index contributed by atoms with van der Waals surface area (Å²) in [6, 6.07) is 19.2. The van der Waals surface area contributed by atoms with Crippen molar-refractivity contribution < 1.29 is 19.1 Å². The Morgan fingerprint density at radius 3 is 2.54 bits per heavy atom. The van der Waals surface area contributed by atoms with Crippen molar-refractivity contribution in [3.05, 3.63) is 100.0 Å². The molecule has 0 saturated heterocycles. The fourth-order valence-corrected chi connectivity index (χ4v) is 3.65. The monoisotopic (exact) mass is 469 g/mol. The zero-order chi connectivity index (χ0) is 24.2. The summed E-state index contributed by atoms with van der Waals surface area (Å²) in [5.74, 6) is 0.0849. The van der Waals surface area contributed by atoms with Gasteiger partial charge in [0.25, 0.3) is 17.4 Å². The van der Waals surface area contributed by atoms with Gasteiger partial charge in [-0.25, -0.2) is 10.5 Å². The number of hydrazone groups is 1. The van der Waals surface area contributed by atoms with Crippen LogP contribution in [0.25, 0.3) is 10.8 Å². The number of carbonyl (C=O) groups excluding carboxylic acids is 2. The first-order chi connectivity index (χ1) is 17.1. The third-order valence-electron chi connectivity index (χ3n) is 5.36. The fourth-order valence-electron chi connectivity index (χ4n) is 3.65. The van der Waals surface area contributed by atoms with Crippen molar-refractivity contribution in [3.8, 4) is 11.5 Å². The predicted molar refractivity (Wildman–Crippen MR) is 127 cm³/mol. The Kier molecular flexibility index (Phi) is 5.91. The normalized spacial score (nSPS) is 13.0. The van der Waals surface area contributed by atoms with Gasteiger partial charge in [0.1, 0.15) is 5.69 Å². The van der Waals surface area contributed by atoms with Crippen LogP contribution in [0.15, 0.2) is 82.7 Å². The number of hydrogen-bond acceptors (Lipinski definition) is 7. The van der Waals surface area contributed by atoms with Crippen molar-refractivity contribution in [2.75, 3.05) is 6.79 Å². The summed E-state index contributed by atoms with van der Waals surface area (Å²) < 4.78 is 10.6. The molecule has 2 amide bonds. The number of carbonyl (C=O) groups is 2. The van der Waals surface area contributed by atoms with Crippen molar-refractivity contribution in [2.45, 2.75) is 6.04 Å². The number of rotatable bonds is 6. The summed E-state index contributed by atoms with van der Waals surface area (Å²) in [7, 11) is 0. The number of benzene rings is 3. The second kappa shape index (κ2) is 9.48. The summed E-state index contributed by atoms with van der Waals surface area (Å²) in [6.07, 6.45) is 1.44. The highest BCUT2D eigenvalue weighted by Gasteiger charge is 2.27. The van der Waals surface area contributed by atoms with E-state index in [4.69, 9.17) is 9.47 Å². The Labute approximate surface area is 198 Å². The number of nitrogens with zero attached hydrogens (tertiary/aromatic N) is 2. The molecule has 1 aliphatic heterocycles. The Morgan fingerprint density at radius 2 is 1.71 bits per heavy atom. The molecule has 0 radical (unpaired) electrons. The van der Waals surface area contributed by atoms with Crippen LogP contribution >= 0.6 is 0 Å². The minimum atomic E-state index is -1.24. The standard InChI is InChI=1S/C25H19N5O5/c31-23(16-6-2-1-3-7-16)27-22(21-17-8-4-5-9-18(17)24(32)30-28-21)25(33)29-26-13-15-10-11-19-20(12-15)35-14-34-19/h1-13,22H,14H2,(H,27,31)(H,29,33)(H,30,32)/t22-/m0/s1. The molecule has 1 aromatic heterocycles. The number of ether oxygens (including phenoxy) is 2. The van der Waals surface area contributed by atoms with Gasteiger partial charge in [-0.15, -0.1) is 0 Å². The number of aromatic amines is 1. The number of aromatic nitrogens is 2. The molecule has 1 atom stereocenters. The van der Waals surface area contributed by atoms with E-state index >= 15 is 0 Å². The minimum Gasteiger partial charge on any atom is -0.454 e. The Morgan fingerprint density at radius 1 is 0.971 bits per heavy atom. The molecule has 174 valence electrons. The number of hydrogen-bond donors (Lipinski definition) is 3. The van der Waals surface area contributed by atoms with Crippen molar-refractivity contribution in [1.29, 1.82) is 0 Å². The van der Waals surface area contributed by atoms with Gasteiger partial charge in [0, 0.05) is 10.9 Å². The van der Waals surface area contributed by atoms with Crippen molar-refractivity contribution >= 4 is 28.8 Å². The highest BCUT2D eigenvalue weighted by Crippen LogP contribution is 2.32. The third-order valence-corrected chi connectivity index (χ3v) is 5.36. The number of amides is 2. The topological polar surface area (TPSA) is 135 Å². The number of fused-ring (bicyclic) bond motifs is 2. The highest BCUT2D eigenvalue weighted by atomic mass is 16.7. The van der Waals surface area contributed by atoms with Gasteiger partial charge < -0.3 is 14.8 Å². The van der Waals surface area contributed by atoms with Gasteiger partial charge in [-0.3, -0.25) is 14.4 Å². The van der Waals surface area contributed by atoms with Crippen LogP contribution in [0.4, 0.5) is 0 Å². The van der Waals surface area contributed by atoms with Crippen molar-refractivity contribution in [3.63, 3.8) is 0 Å². The highest BCUT2D eigenvalue weighted by molar-refractivity contribution is 5.99. The molecule has 10 nitrogen and oxygen atoms in total. The Balaban J connectivity index is 1.44. The molecule has 1 aliphatic rings. The van der Waals surface area contributed by atoms with E-state index in [-0.39, 0.29) is 12.5 Å². The second-order valence-corrected chi connectivity index (χ2v) is 7.60. The van der Waals surface area contributed by atoms with Gasteiger partial charge >= 0.3 is 0 Å². The van der Waals surface area contributed by atoms with Gasteiger partial charge in [-0.2, -0.15) is 10.2 Å². The molecule has 10 heteroatoms. The van der Waals surface area contributed by atoms with E-state index in [2.05, 4.69) is 26.0 Å². The van der Waals surface area contributed by atoms with Gasteiger partial charge in [0.2, 0.25) is 6.79 Å². The molecule has 0 aliphatic carbocycles. The van der Waals surface area contributed by atoms with Gasteiger partial charge in [-0.1, -0.05) is 36.4 Å². The molecule has 0 fully saturated rings. The van der Waals surface area contributed by atoms with Crippen LogP contribution in [0.5, 0.6) is 11.5 Å². The van der Waals surface area contributed by atoms with Crippen LogP contribution in [0.3, 0.4) is 0 Å². The largest absolute Gasteiger partial charge is 0.454 e. The van der Waals surface area contributed by atoms with Crippen molar-refractivity contribution in [1.82, 2.24) is 20.9 Å². The average molecular weight is 469 g/mol. The van der Waals surface area contributed by atoms with Crippen LogP contribution in [-0.2, 0) is 4.79 Å². The van der Waals surface area contributed by atoms with Crippen LogP contribution in [0.1, 0.15) is 27.7 Å². The lowest BCUT2D eigenvalue weighted by molar-refractivity contribution is -0.123. The maximum Gasteiger partial charge on any atom is 0.272 e. The molecule has 2 heterocycles. The molecule has 0 saturated carbocycles. The van der Waals surface area contributed by atoms with E-state index in [1.54, 1.807) is 72.8 Å². The van der Waals surface area contributed by atoms with E-state index in [1.165, 1.54) is 6.21 Å². The van der Waals surface area contributed by atoms with E-state index in [0.29, 0.717) is 33.4 Å². The number of nitrogens with one attached hydrogen (secondary N) is 3.